The second kappa shape index (κ2) is 16.0. The molecule has 0 aromatic carbocycles. The summed E-state index contributed by atoms with van der Waals surface area (Å²) in [5, 5.41) is 24.4. The molecule has 0 radical (unpaired) electrons. The molecule has 2 unspecified atom stereocenters. The van der Waals surface area contributed by atoms with Crippen LogP contribution < -0.4 is 5.32 Å². The monoisotopic (exact) mass is 919 g/mol. The number of likely N-dealkylation sites (tertiary alicyclic amines) is 1. The van der Waals surface area contributed by atoms with Gasteiger partial charge in [-0.2, -0.15) is 13.2 Å². The highest BCUT2D eigenvalue weighted by Crippen LogP contribution is 2.67. The lowest BCUT2D eigenvalue weighted by Gasteiger charge is -2.49. The van der Waals surface area contributed by atoms with Crippen LogP contribution in [0.4, 0.5) is 13.2 Å². The van der Waals surface area contributed by atoms with Crippen molar-refractivity contribution in [1.82, 2.24) is 10.2 Å². The molecule has 3 N–H and O–H groups in total. The summed E-state index contributed by atoms with van der Waals surface area (Å²) in [6.07, 6.45) is 16.4. The molecule has 10 heteroatoms. The number of allylic oxidation sites excluding steroid dienone is 4. The first-order valence-corrected chi connectivity index (χ1v) is 26.8. The number of piperidine rings is 2. The van der Waals surface area contributed by atoms with Crippen LogP contribution in [0.5, 0.6) is 0 Å². The first-order valence-electron chi connectivity index (χ1n) is 26.8. The smallest absolute Gasteiger partial charge is 0.393 e. The van der Waals surface area contributed by atoms with E-state index < -0.39 is 23.7 Å². The summed E-state index contributed by atoms with van der Waals surface area (Å²) < 4.78 is 54.5. The fourth-order valence-corrected chi connectivity index (χ4v) is 18.8. The van der Waals surface area contributed by atoms with Crippen molar-refractivity contribution in [3.63, 3.8) is 0 Å². The molecule has 8 aliphatic carbocycles. The first-order chi connectivity index (χ1) is 31.2. The fraction of sp³-hybridized carbons (Fsp3) is 0.839. The number of nitrogens with zero attached hydrogens (tertiary/aromatic N) is 1. The van der Waals surface area contributed by atoms with Gasteiger partial charge in [0.05, 0.1) is 41.7 Å². The van der Waals surface area contributed by atoms with Crippen LogP contribution in [0.15, 0.2) is 45.6 Å². The quantitative estimate of drug-likeness (QED) is 0.210. The van der Waals surface area contributed by atoms with Crippen LogP contribution in [0.1, 0.15) is 158 Å². The maximum atomic E-state index is 13.5. The predicted octanol–water partition coefficient (Wildman–Crippen LogP) is 10.8. The van der Waals surface area contributed by atoms with Crippen molar-refractivity contribution in [2.75, 3.05) is 13.1 Å². The molecule has 4 heterocycles. The summed E-state index contributed by atoms with van der Waals surface area (Å²) in [7, 11) is 0. The lowest BCUT2D eigenvalue weighted by atomic mass is 9.56. The highest BCUT2D eigenvalue weighted by Gasteiger charge is 2.64. The minimum absolute atomic E-state index is 0.0222. The van der Waals surface area contributed by atoms with E-state index in [0.717, 1.165) is 92.9 Å². The van der Waals surface area contributed by atoms with Gasteiger partial charge in [0.1, 0.15) is 0 Å². The average Bonchev–Trinajstić information content (AvgIpc) is 4.00. The van der Waals surface area contributed by atoms with Gasteiger partial charge in [0, 0.05) is 24.4 Å². The highest BCUT2D eigenvalue weighted by atomic mass is 19.4. The standard InChI is InChI=1S/C29H40F3NO3.C27H41NO2/c1-15-11-24-25(33(14-15)26(35)29(30,31)32)17(3)28(36-24)10-8-20-21-6-5-18-12-19(34)7-9-27(18,4)23(21)13-22(20)16(28)2;1-15-11-24-25(28-14-15)17(3)27(30-24)10-8-20-21-6-5-18-12-19(29)7-9-26(18,4)23(21)13-22(20)16(27)2/h5,15,17,19-21,23-25,34H,6-14H2,1-4H3;5,15,17,19-21,23-25,28-29H,6-14H2,1-4H3/t15-,17+,19-,20-,21-,23-,24+,25-,27-,28?;15-,17+,19-,20-,21-,23-,24+,25-,26-,27?/m00/s1. The zero-order valence-corrected chi connectivity index (χ0v) is 41.3. The maximum Gasteiger partial charge on any atom is 0.471 e. The predicted molar refractivity (Wildman–Crippen MR) is 250 cm³/mol. The molecular formula is C56H81F3N2O5. The van der Waals surface area contributed by atoms with Gasteiger partial charge in [-0.3, -0.25) is 4.79 Å². The maximum absolute atomic E-state index is 13.5. The van der Waals surface area contributed by atoms with E-state index in [9.17, 15) is 28.2 Å². The Bertz CT molecular complexity index is 2110. The summed E-state index contributed by atoms with van der Waals surface area (Å²) in [5.41, 5.74) is 8.95. The summed E-state index contributed by atoms with van der Waals surface area (Å²) in [5.74, 6) is 3.39. The number of ether oxygens (including phenoxy) is 2. The van der Waals surface area contributed by atoms with E-state index in [1.807, 2.05) is 13.8 Å². The molecule has 66 heavy (non-hydrogen) atoms. The topological polar surface area (TPSA) is 91.3 Å². The van der Waals surface area contributed by atoms with Gasteiger partial charge < -0.3 is 29.9 Å². The Labute approximate surface area is 393 Å². The number of rotatable bonds is 0. The van der Waals surface area contributed by atoms with Crippen molar-refractivity contribution in [1.29, 1.82) is 0 Å². The molecule has 0 bridgehead atoms. The number of amides is 1. The molecule has 12 aliphatic rings. The van der Waals surface area contributed by atoms with Crippen LogP contribution in [0.2, 0.25) is 0 Å². The van der Waals surface area contributed by atoms with Gasteiger partial charge >= 0.3 is 12.1 Å². The van der Waals surface area contributed by atoms with Gasteiger partial charge in [0.2, 0.25) is 0 Å². The highest BCUT2D eigenvalue weighted by molar-refractivity contribution is 5.82. The van der Waals surface area contributed by atoms with Crippen LogP contribution in [-0.4, -0.2) is 88.0 Å². The lowest BCUT2D eigenvalue weighted by molar-refractivity contribution is -0.192. The molecule has 8 fully saturated rings. The van der Waals surface area contributed by atoms with Crippen molar-refractivity contribution >= 4 is 5.91 Å². The number of nitrogens with one attached hydrogen (secondary N) is 1. The second-order valence-electron chi connectivity index (χ2n) is 25.3. The Morgan fingerprint density at radius 2 is 1.21 bits per heavy atom. The lowest BCUT2D eigenvalue weighted by Crippen LogP contribution is -2.57. The molecule has 4 aliphatic heterocycles. The molecule has 12 rings (SSSR count). The van der Waals surface area contributed by atoms with Crippen LogP contribution in [0.25, 0.3) is 0 Å². The van der Waals surface area contributed by atoms with Gasteiger partial charge in [-0.25, -0.2) is 0 Å². The molecule has 0 aromatic rings. The van der Waals surface area contributed by atoms with E-state index in [4.69, 9.17) is 9.47 Å². The largest absolute Gasteiger partial charge is 0.471 e. The third-order valence-corrected chi connectivity index (χ3v) is 22.4. The van der Waals surface area contributed by atoms with Gasteiger partial charge in [0.15, 0.2) is 0 Å². The zero-order chi connectivity index (χ0) is 46.6. The second-order valence-corrected chi connectivity index (χ2v) is 25.3. The number of hydrogen-bond acceptors (Lipinski definition) is 6. The Balaban J connectivity index is 0.000000148. The van der Waals surface area contributed by atoms with Crippen LogP contribution in [-0.2, 0) is 14.3 Å². The van der Waals surface area contributed by atoms with Crippen molar-refractivity contribution in [3.05, 3.63) is 45.6 Å². The number of aliphatic hydroxyl groups is 2. The molecule has 4 saturated carbocycles. The Hall–Kier alpha value is -1.98. The van der Waals surface area contributed by atoms with Crippen LogP contribution >= 0.6 is 0 Å². The van der Waals surface area contributed by atoms with Gasteiger partial charge in [-0.15, -0.1) is 0 Å². The minimum atomic E-state index is -4.86. The molecular weight excluding hydrogens is 838 g/mol. The molecule has 7 nitrogen and oxygen atoms in total. The Morgan fingerprint density at radius 1 is 0.712 bits per heavy atom. The average molecular weight is 919 g/mol. The SMILES string of the molecule is CC1=C2C[C@H]3[C@@H](CC=C4C[C@@H](O)CC[C@@]43C)[C@@H]2CCC12O[C@@H]1C[C@H](C)CN(C(=O)C(F)(F)F)[C@H]1[C@H]2C.CC1=C2C[C@H]3[C@@H](CC=C4C[C@@H](O)CC[C@@]43C)[C@@H]2CCC12O[C@@H]1C[C@H](C)CN[C@H]1[C@H]2C. The first kappa shape index (κ1) is 46.4. The number of hydrogen-bond donors (Lipinski definition) is 3. The number of carbonyl (C=O) groups is 1. The van der Waals surface area contributed by atoms with Crippen molar-refractivity contribution < 1.29 is 37.7 Å². The Kier molecular flexibility index (Phi) is 11.3. The van der Waals surface area contributed by atoms with E-state index in [1.54, 1.807) is 16.7 Å². The summed E-state index contributed by atoms with van der Waals surface area (Å²) in [6, 6.07) is -0.000626. The van der Waals surface area contributed by atoms with Crippen LogP contribution in [0, 0.1) is 70.0 Å². The van der Waals surface area contributed by atoms with Crippen molar-refractivity contribution in [3.8, 4) is 0 Å². The zero-order valence-electron chi connectivity index (χ0n) is 41.3. The van der Waals surface area contributed by atoms with Crippen molar-refractivity contribution in [2.24, 2.45) is 70.0 Å². The molecule has 2 spiro atoms. The molecule has 366 valence electrons. The van der Waals surface area contributed by atoms with E-state index in [1.165, 1.54) is 55.2 Å². The molecule has 1 amide bonds. The van der Waals surface area contributed by atoms with E-state index >= 15 is 0 Å². The van der Waals surface area contributed by atoms with E-state index in [0.29, 0.717) is 47.7 Å². The number of aliphatic hydroxyl groups excluding tert-OH is 2. The number of carbonyl (C=O) groups excluding carboxylic acids is 1. The summed E-state index contributed by atoms with van der Waals surface area (Å²) in [6.45, 7) is 19.6. The van der Waals surface area contributed by atoms with Gasteiger partial charge in [0.25, 0.3) is 0 Å². The van der Waals surface area contributed by atoms with Gasteiger partial charge in [-0.1, -0.05) is 76.0 Å². The molecule has 0 aromatic heterocycles. The van der Waals surface area contributed by atoms with Crippen molar-refractivity contribution in [2.45, 2.75) is 212 Å². The van der Waals surface area contributed by atoms with Gasteiger partial charge in [-0.05, 0) is 192 Å². The fourth-order valence-electron chi connectivity index (χ4n) is 18.8. The third kappa shape index (κ3) is 6.75. The molecule has 4 saturated heterocycles. The Morgan fingerprint density at radius 3 is 1.74 bits per heavy atom. The van der Waals surface area contributed by atoms with Crippen LogP contribution in [0.3, 0.4) is 0 Å². The van der Waals surface area contributed by atoms with E-state index in [-0.39, 0.29) is 47.7 Å². The minimum Gasteiger partial charge on any atom is -0.393 e. The number of alkyl halides is 3. The normalized spacial score (nSPS) is 51.4. The third-order valence-electron chi connectivity index (χ3n) is 22.4. The summed E-state index contributed by atoms with van der Waals surface area (Å²) in [4.78, 5) is 13.6. The summed E-state index contributed by atoms with van der Waals surface area (Å²) >= 11 is 0. The number of fused-ring (bicyclic) bond motifs is 12. The number of halogens is 3. The molecule has 20 atom stereocenters. The van der Waals surface area contributed by atoms with E-state index in [2.05, 4.69) is 59.0 Å².